The summed E-state index contributed by atoms with van der Waals surface area (Å²) in [5.41, 5.74) is 3.91. The molecule has 0 aliphatic heterocycles. The first kappa shape index (κ1) is 17.6. The predicted octanol–water partition coefficient (Wildman–Crippen LogP) is 3.17. The van der Waals surface area contributed by atoms with Crippen molar-refractivity contribution in [2.24, 2.45) is 4.99 Å². The normalized spacial score (nSPS) is 11.5. The molecule has 0 N–H and O–H groups in total. The SMILES string of the molecule is Cc1ccc(-n2cc(C(=O)N=c3ccccn3Cc3ccccc3)nn2)cc1. The van der Waals surface area contributed by atoms with Crippen molar-refractivity contribution in [3.05, 3.63) is 107 Å². The molecule has 0 saturated carbocycles. The first-order chi connectivity index (χ1) is 13.7. The zero-order valence-corrected chi connectivity index (χ0v) is 15.4. The maximum atomic E-state index is 12.6. The number of carbonyl (C=O) groups excluding carboxylic acids is 1. The predicted molar refractivity (Wildman–Crippen MR) is 106 cm³/mol. The van der Waals surface area contributed by atoms with Crippen molar-refractivity contribution in [1.82, 2.24) is 19.6 Å². The zero-order valence-electron chi connectivity index (χ0n) is 15.4. The van der Waals surface area contributed by atoms with Gasteiger partial charge in [-0.3, -0.25) is 4.79 Å². The van der Waals surface area contributed by atoms with Crippen LogP contribution in [0.15, 0.2) is 90.2 Å². The number of pyridine rings is 1. The number of aromatic nitrogens is 4. The third kappa shape index (κ3) is 3.96. The highest BCUT2D eigenvalue weighted by molar-refractivity contribution is 5.92. The van der Waals surface area contributed by atoms with E-state index in [4.69, 9.17) is 0 Å². The molecule has 0 atom stereocenters. The number of carbonyl (C=O) groups is 1. The molecule has 1 amide bonds. The van der Waals surface area contributed by atoms with Crippen molar-refractivity contribution in [3.63, 3.8) is 0 Å². The van der Waals surface area contributed by atoms with Crippen LogP contribution in [-0.4, -0.2) is 25.5 Å². The van der Waals surface area contributed by atoms with E-state index in [-0.39, 0.29) is 5.69 Å². The van der Waals surface area contributed by atoms with Gasteiger partial charge in [0.2, 0.25) is 0 Å². The number of aryl methyl sites for hydroxylation is 1. The van der Waals surface area contributed by atoms with Crippen LogP contribution in [-0.2, 0) is 6.54 Å². The molecule has 4 aromatic rings. The molecule has 138 valence electrons. The summed E-state index contributed by atoms with van der Waals surface area (Å²) >= 11 is 0. The van der Waals surface area contributed by atoms with Crippen molar-refractivity contribution in [2.75, 3.05) is 0 Å². The quantitative estimate of drug-likeness (QED) is 0.555. The van der Waals surface area contributed by atoms with Crippen LogP contribution in [0, 0.1) is 6.92 Å². The van der Waals surface area contributed by atoms with Crippen LogP contribution in [0.1, 0.15) is 21.6 Å². The van der Waals surface area contributed by atoms with E-state index < -0.39 is 5.91 Å². The van der Waals surface area contributed by atoms with Crippen molar-refractivity contribution < 1.29 is 4.79 Å². The summed E-state index contributed by atoms with van der Waals surface area (Å²) in [6, 6.07) is 23.5. The van der Waals surface area contributed by atoms with Crippen molar-refractivity contribution in [1.29, 1.82) is 0 Å². The molecule has 0 bridgehead atoms. The molecular formula is C22H19N5O. The molecule has 2 aromatic heterocycles. The smallest absolute Gasteiger partial charge is 0.301 e. The van der Waals surface area contributed by atoms with Crippen molar-refractivity contribution in [3.8, 4) is 5.69 Å². The Bertz CT molecular complexity index is 1160. The number of rotatable bonds is 4. The molecule has 0 spiro atoms. The molecule has 0 unspecified atom stereocenters. The topological polar surface area (TPSA) is 65.1 Å². The van der Waals surface area contributed by atoms with Gasteiger partial charge in [0.05, 0.1) is 11.9 Å². The number of amides is 1. The third-order valence-corrected chi connectivity index (χ3v) is 4.34. The summed E-state index contributed by atoms with van der Waals surface area (Å²) in [6.07, 6.45) is 3.50. The molecule has 4 rings (SSSR count). The maximum Gasteiger partial charge on any atom is 0.301 e. The molecule has 0 aliphatic carbocycles. The van der Waals surface area contributed by atoms with E-state index in [9.17, 15) is 4.79 Å². The second kappa shape index (κ2) is 7.84. The van der Waals surface area contributed by atoms with Crippen LogP contribution < -0.4 is 5.49 Å². The maximum absolute atomic E-state index is 12.6. The molecule has 2 heterocycles. The number of benzene rings is 2. The van der Waals surface area contributed by atoms with E-state index in [0.29, 0.717) is 12.0 Å². The highest BCUT2D eigenvalue weighted by Gasteiger charge is 2.11. The number of hydrogen-bond acceptors (Lipinski definition) is 3. The highest BCUT2D eigenvalue weighted by atomic mass is 16.1. The van der Waals surface area contributed by atoms with Gasteiger partial charge in [0.15, 0.2) is 5.69 Å². The molecule has 2 aromatic carbocycles. The minimum Gasteiger partial charge on any atom is -0.328 e. The van der Waals surface area contributed by atoms with Crippen LogP contribution in [0.5, 0.6) is 0 Å². The van der Waals surface area contributed by atoms with Crippen LogP contribution >= 0.6 is 0 Å². The number of hydrogen-bond donors (Lipinski definition) is 0. The highest BCUT2D eigenvalue weighted by Crippen LogP contribution is 2.09. The van der Waals surface area contributed by atoms with Crippen molar-refractivity contribution >= 4 is 5.91 Å². The zero-order chi connectivity index (χ0) is 19.3. The van der Waals surface area contributed by atoms with Crippen LogP contribution in [0.3, 0.4) is 0 Å². The Morgan fingerprint density at radius 1 is 0.964 bits per heavy atom. The largest absolute Gasteiger partial charge is 0.328 e. The van der Waals surface area contributed by atoms with Gasteiger partial charge in [-0.15, -0.1) is 5.10 Å². The Balaban J connectivity index is 1.61. The summed E-state index contributed by atoms with van der Waals surface area (Å²) in [7, 11) is 0. The van der Waals surface area contributed by atoms with Gasteiger partial charge < -0.3 is 4.57 Å². The Morgan fingerprint density at radius 3 is 2.50 bits per heavy atom. The fourth-order valence-electron chi connectivity index (χ4n) is 2.83. The first-order valence-electron chi connectivity index (χ1n) is 8.97. The van der Waals surface area contributed by atoms with Crippen LogP contribution in [0.4, 0.5) is 0 Å². The Morgan fingerprint density at radius 2 is 1.71 bits per heavy atom. The van der Waals surface area contributed by atoms with E-state index in [0.717, 1.165) is 16.8 Å². The standard InChI is InChI=1S/C22H19N5O/c1-17-10-12-19(13-11-17)27-16-20(24-25-27)22(28)23-21-9-5-6-14-26(21)15-18-7-3-2-4-8-18/h2-14,16H,15H2,1H3. The lowest BCUT2D eigenvalue weighted by Gasteiger charge is -2.06. The Labute approximate surface area is 162 Å². The van der Waals surface area contributed by atoms with E-state index in [2.05, 4.69) is 15.3 Å². The minimum absolute atomic E-state index is 0.204. The summed E-state index contributed by atoms with van der Waals surface area (Å²) in [4.78, 5) is 16.9. The first-order valence-corrected chi connectivity index (χ1v) is 8.97. The average Bonchev–Trinajstić information content (AvgIpc) is 3.21. The lowest BCUT2D eigenvalue weighted by molar-refractivity contribution is 0.0992. The van der Waals surface area contributed by atoms with Gasteiger partial charge in [-0.25, -0.2) is 4.68 Å². The molecule has 0 fully saturated rings. The summed E-state index contributed by atoms with van der Waals surface area (Å²) < 4.78 is 3.50. The van der Waals surface area contributed by atoms with Gasteiger partial charge in [0.25, 0.3) is 0 Å². The van der Waals surface area contributed by atoms with Gasteiger partial charge in [-0.2, -0.15) is 4.99 Å². The molecule has 0 radical (unpaired) electrons. The lowest BCUT2D eigenvalue weighted by Crippen LogP contribution is -2.22. The molecule has 6 heteroatoms. The van der Waals surface area contributed by atoms with Gasteiger partial charge >= 0.3 is 5.91 Å². The molecule has 0 aliphatic rings. The summed E-state index contributed by atoms with van der Waals surface area (Å²) in [5, 5.41) is 8.03. The van der Waals surface area contributed by atoms with E-state index in [1.807, 2.05) is 90.5 Å². The summed E-state index contributed by atoms with van der Waals surface area (Å²) in [6.45, 7) is 2.65. The minimum atomic E-state index is -0.425. The van der Waals surface area contributed by atoms with Gasteiger partial charge in [-0.1, -0.05) is 59.3 Å². The molecular weight excluding hydrogens is 350 g/mol. The number of nitrogens with zero attached hydrogens (tertiary/aromatic N) is 5. The van der Waals surface area contributed by atoms with E-state index >= 15 is 0 Å². The second-order valence-electron chi connectivity index (χ2n) is 6.47. The van der Waals surface area contributed by atoms with Gasteiger partial charge in [0.1, 0.15) is 5.49 Å². The van der Waals surface area contributed by atoms with E-state index in [1.54, 1.807) is 10.9 Å². The fraction of sp³-hybridized carbons (Fsp3) is 0.0909. The van der Waals surface area contributed by atoms with Crippen LogP contribution in [0.25, 0.3) is 5.69 Å². The fourth-order valence-corrected chi connectivity index (χ4v) is 2.83. The lowest BCUT2D eigenvalue weighted by atomic mass is 10.2. The van der Waals surface area contributed by atoms with Crippen molar-refractivity contribution in [2.45, 2.75) is 13.5 Å². The Hall–Kier alpha value is -3.80. The molecule has 6 nitrogen and oxygen atoms in total. The third-order valence-electron chi connectivity index (χ3n) is 4.34. The molecule has 0 saturated heterocycles. The van der Waals surface area contributed by atoms with Gasteiger partial charge in [-0.05, 0) is 36.8 Å². The second-order valence-corrected chi connectivity index (χ2v) is 6.47. The monoisotopic (exact) mass is 369 g/mol. The van der Waals surface area contributed by atoms with Crippen LogP contribution in [0.2, 0.25) is 0 Å². The molecule has 28 heavy (non-hydrogen) atoms. The van der Waals surface area contributed by atoms with Gasteiger partial charge in [0, 0.05) is 12.7 Å². The summed E-state index contributed by atoms with van der Waals surface area (Å²) in [5.74, 6) is -0.425. The average molecular weight is 369 g/mol. The Kier molecular flexibility index (Phi) is 4.93. The van der Waals surface area contributed by atoms with E-state index in [1.165, 1.54) is 0 Å².